The highest BCUT2D eigenvalue weighted by Crippen LogP contribution is 2.26. The van der Waals surface area contributed by atoms with Gasteiger partial charge in [-0.2, -0.15) is 0 Å². The van der Waals surface area contributed by atoms with Gasteiger partial charge in [-0.3, -0.25) is 0 Å². The molecule has 1 unspecified atom stereocenters. The Kier molecular flexibility index (Phi) is 2.61. The molecule has 0 fully saturated rings. The second kappa shape index (κ2) is 3.72. The summed E-state index contributed by atoms with van der Waals surface area (Å²) in [7, 11) is 0. The topological polar surface area (TPSA) is 12.0 Å². The highest BCUT2D eigenvalue weighted by molar-refractivity contribution is 7.98. The molecular formula is C11H15NS. The van der Waals surface area contributed by atoms with E-state index >= 15 is 0 Å². The van der Waals surface area contributed by atoms with Crippen molar-refractivity contribution in [3.8, 4) is 0 Å². The first-order valence-electron chi connectivity index (χ1n) is 4.71. The van der Waals surface area contributed by atoms with Crippen LogP contribution < -0.4 is 5.32 Å². The average molecular weight is 193 g/mol. The lowest BCUT2D eigenvalue weighted by Crippen LogP contribution is -2.27. The van der Waals surface area contributed by atoms with Crippen molar-refractivity contribution in [2.24, 2.45) is 0 Å². The van der Waals surface area contributed by atoms with Gasteiger partial charge < -0.3 is 5.32 Å². The Morgan fingerprint density at radius 3 is 3.08 bits per heavy atom. The highest BCUT2D eigenvalue weighted by atomic mass is 32.2. The van der Waals surface area contributed by atoms with E-state index in [1.165, 1.54) is 22.4 Å². The zero-order valence-corrected chi connectivity index (χ0v) is 8.95. The lowest BCUT2D eigenvalue weighted by molar-refractivity contribution is 0.540. The maximum absolute atomic E-state index is 3.48. The number of fused-ring (bicyclic) bond motifs is 1. The van der Waals surface area contributed by atoms with Gasteiger partial charge in [0.05, 0.1) is 0 Å². The molecule has 0 aromatic heterocycles. The monoisotopic (exact) mass is 193 g/mol. The highest BCUT2D eigenvalue weighted by Gasteiger charge is 2.15. The van der Waals surface area contributed by atoms with Crippen LogP contribution in [0, 0.1) is 0 Å². The number of thioether (sulfide) groups is 1. The summed E-state index contributed by atoms with van der Waals surface area (Å²) in [5, 5.41) is 3.48. The molecule has 13 heavy (non-hydrogen) atoms. The van der Waals surface area contributed by atoms with Gasteiger partial charge in [0.2, 0.25) is 0 Å². The van der Waals surface area contributed by atoms with Gasteiger partial charge in [-0.1, -0.05) is 6.07 Å². The molecule has 1 aromatic rings. The minimum Gasteiger partial charge on any atom is -0.310 e. The van der Waals surface area contributed by atoms with E-state index in [1.54, 1.807) is 0 Å². The molecule has 2 rings (SSSR count). The van der Waals surface area contributed by atoms with Crippen LogP contribution in [0.5, 0.6) is 0 Å². The van der Waals surface area contributed by atoms with Gasteiger partial charge in [0.1, 0.15) is 0 Å². The lowest BCUT2D eigenvalue weighted by atomic mass is 9.96. The summed E-state index contributed by atoms with van der Waals surface area (Å²) < 4.78 is 0. The molecule has 1 heterocycles. The first-order valence-corrected chi connectivity index (χ1v) is 5.94. The van der Waals surface area contributed by atoms with Crippen LogP contribution in [0.4, 0.5) is 0 Å². The molecular weight excluding hydrogens is 178 g/mol. The predicted molar refractivity (Wildman–Crippen MR) is 58.3 cm³/mol. The first-order chi connectivity index (χ1) is 6.31. The van der Waals surface area contributed by atoms with Gasteiger partial charge >= 0.3 is 0 Å². The summed E-state index contributed by atoms with van der Waals surface area (Å²) in [6.07, 6.45) is 3.30. The molecule has 0 saturated carbocycles. The number of rotatable bonds is 1. The lowest BCUT2D eigenvalue weighted by Gasteiger charge is -2.24. The average Bonchev–Trinajstić information content (AvgIpc) is 2.18. The van der Waals surface area contributed by atoms with Crippen LogP contribution in [-0.2, 0) is 6.42 Å². The van der Waals surface area contributed by atoms with Crippen molar-refractivity contribution < 1.29 is 0 Å². The van der Waals surface area contributed by atoms with Crippen molar-refractivity contribution in [2.45, 2.75) is 24.3 Å². The van der Waals surface area contributed by atoms with Crippen LogP contribution in [0.15, 0.2) is 23.1 Å². The van der Waals surface area contributed by atoms with Gasteiger partial charge in [-0.05, 0) is 49.4 Å². The summed E-state index contributed by atoms with van der Waals surface area (Å²) in [5.74, 6) is 0. The normalized spacial score (nSPS) is 21.2. The fraction of sp³-hybridized carbons (Fsp3) is 0.455. The Hall–Kier alpha value is -0.470. The number of hydrogen-bond acceptors (Lipinski definition) is 2. The van der Waals surface area contributed by atoms with Crippen LogP contribution in [-0.4, -0.2) is 12.8 Å². The third-order valence-electron chi connectivity index (χ3n) is 2.66. The zero-order valence-electron chi connectivity index (χ0n) is 8.13. The third kappa shape index (κ3) is 1.74. The van der Waals surface area contributed by atoms with Crippen LogP contribution in [0.25, 0.3) is 0 Å². The Morgan fingerprint density at radius 2 is 2.31 bits per heavy atom. The molecule has 2 heteroatoms. The SMILES string of the molecule is CSc1ccc2c(c1)C(C)NCC2. The Morgan fingerprint density at radius 1 is 1.46 bits per heavy atom. The molecule has 0 spiro atoms. The molecule has 0 amide bonds. The van der Waals surface area contributed by atoms with Crippen LogP contribution in [0.3, 0.4) is 0 Å². The Bertz CT molecular complexity index is 309. The van der Waals surface area contributed by atoms with Gasteiger partial charge in [-0.15, -0.1) is 11.8 Å². The van der Waals surface area contributed by atoms with E-state index in [-0.39, 0.29) is 0 Å². The Labute approximate surface area is 83.9 Å². The molecule has 0 aliphatic carbocycles. The van der Waals surface area contributed by atoms with Gasteiger partial charge in [-0.25, -0.2) is 0 Å². The van der Waals surface area contributed by atoms with E-state index in [2.05, 4.69) is 36.7 Å². The van der Waals surface area contributed by atoms with Gasteiger partial charge in [0.15, 0.2) is 0 Å². The smallest absolute Gasteiger partial charge is 0.0295 e. The van der Waals surface area contributed by atoms with Crippen molar-refractivity contribution >= 4 is 11.8 Å². The molecule has 0 saturated heterocycles. The quantitative estimate of drug-likeness (QED) is 0.688. The van der Waals surface area contributed by atoms with Gasteiger partial charge in [0, 0.05) is 10.9 Å². The summed E-state index contributed by atoms with van der Waals surface area (Å²) in [4.78, 5) is 1.37. The number of hydrogen-bond donors (Lipinski definition) is 1. The largest absolute Gasteiger partial charge is 0.310 e. The predicted octanol–water partition coefficient (Wildman–Crippen LogP) is 2.62. The summed E-state index contributed by atoms with van der Waals surface area (Å²) in [5.41, 5.74) is 3.00. The maximum atomic E-state index is 3.48. The minimum absolute atomic E-state index is 0.524. The summed E-state index contributed by atoms with van der Waals surface area (Å²) in [6, 6.07) is 7.34. The second-order valence-corrected chi connectivity index (χ2v) is 4.37. The van der Waals surface area contributed by atoms with Crippen molar-refractivity contribution in [1.82, 2.24) is 5.32 Å². The minimum atomic E-state index is 0.524. The van der Waals surface area contributed by atoms with Crippen molar-refractivity contribution in [1.29, 1.82) is 0 Å². The zero-order chi connectivity index (χ0) is 9.26. The van der Waals surface area contributed by atoms with E-state index in [0.717, 1.165) is 6.54 Å². The van der Waals surface area contributed by atoms with Crippen LogP contribution in [0.2, 0.25) is 0 Å². The molecule has 70 valence electrons. The van der Waals surface area contributed by atoms with E-state index in [1.807, 2.05) is 11.8 Å². The molecule has 0 radical (unpaired) electrons. The fourth-order valence-corrected chi connectivity index (χ4v) is 2.31. The van der Waals surface area contributed by atoms with Crippen LogP contribution in [0.1, 0.15) is 24.1 Å². The van der Waals surface area contributed by atoms with E-state index in [0.29, 0.717) is 6.04 Å². The standard InChI is InChI=1S/C11H15NS/c1-8-11-7-10(13-2)4-3-9(11)5-6-12-8/h3-4,7-8,12H,5-6H2,1-2H3. The molecule has 0 bridgehead atoms. The first kappa shape index (κ1) is 9.10. The van der Waals surface area contributed by atoms with E-state index in [4.69, 9.17) is 0 Å². The van der Waals surface area contributed by atoms with E-state index < -0.39 is 0 Å². The summed E-state index contributed by atoms with van der Waals surface area (Å²) in [6.45, 7) is 3.36. The molecule has 1 aliphatic rings. The van der Waals surface area contributed by atoms with E-state index in [9.17, 15) is 0 Å². The maximum Gasteiger partial charge on any atom is 0.0295 e. The Balaban J connectivity index is 2.41. The van der Waals surface area contributed by atoms with Crippen molar-refractivity contribution in [3.05, 3.63) is 29.3 Å². The summed E-state index contributed by atoms with van der Waals surface area (Å²) >= 11 is 1.82. The number of benzene rings is 1. The second-order valence-electron chi connectivity index (χ2n) is 3.49. The fourth-order valence-electron chi connectivity index (χ4n) is 1.86. The molecule has 1 atom stereocenters. The molecule has 1 N–H and O–H groups in total. The molecule has 1 nitrogen and oxygen atoms in total. The number of nitrogens with one attached hydrogen (secondary N) is 1. The van der Waals surface area contributed by atoms with Gasteiger partial charge in [0.25, 0.3) is 0 Å². The molecule has 1 aromatic carbocycles. The van der Waals surface area contributed by atoms with Crippen molar-refractivity contribution in [2.75, 3.05) is 12.8 Å². The van der Waals surface area contributed by atoms with Crippen LogP contribution >= 0.6 is 11.8 Å². The molecule has 1 aliphatic heterocycles. The third-order valence-corrected chi connectivity index (χ3v) is 3.39. The van der Waals surface area contributed by atoms with Crippen molar-refractivity contribution in [3.63, 3.8) is 0 Å².